The average molecular weight is 287 g/mol. The van der Waals surface area contributed by atoms with Crippen molar-refractivity contribution in [3.63, 3.8) is 0 Å². The minimum Gasteiger partial charge on any atom is -0.497 e. The highest BCUT2D eigenvalue weighted by Crippen LogP contribution is 2.29. The van der Waals surface area contributed by atoms with Gasteiger partial charge in [-0.25, -0.2) is 9.97 Å². The van der Waals surface area contributed by atoms with Crippen molar-refractivity contribution in [3.8, 4) is 17.2 Å². The second kappa shape index (κ2) is 5.34. The number of benzene rings is 1. The van der Waals surface area contributed by atoms with E-state index in [9.17, 15) is 0 Å². The van der Waals surface area contributed by atoms with E-state index in [0.717, 1.165) is 28.0 Å². The quantitative estimate of drug-likeness (QED) is 0.789. The van der Waals surface area contributed by atoms with E-state index in [1.54, 1.807) is 7.11 Å². The maximum absolute atomic E-state index is 5.34. The van der Waals surface area contributed by atoms with Crippen molar-refractivity contribution in [3.05, 3.63) is 41.7 Å². The van der Waals surface area contributed by atoms with E-state index in [1.165, 1.54) is 17.7 Å². The summed E-state index contributed by atoms with van der Waals surface area (Å²) in [5, 5.41) is 5.98. The maximum Gasteiger partial charge on any atom is 0.187 e. The zero-order valence-electron chi connectivity index (χ0n) is 11.1. The van der Waals surface area contributed by atoms with Gasteiger partial charge in [-0.2, -0.15) is 0 Å². The maximum atomic E-state index is 5.34. The van der Waals surface area contributed by atoms with Gasteiger partial charge in [-0.3, -0.25) is 0 Å². The summed E-state index contributed by atoms with van der Waals surface area (Å²) in [6.07, 6.45) is 1.43. The van der Waals surface area contributed by atoms with Crippen LogP contribution in [0.2, 0.25) is 0 Å². The lowest BCUT2D eigenvalue weighted by molar-refractivity contribution is 0.415. The molecule has 0 radical (unpaired) electrons. The molecule has 0 bridgehead atoms. The molecule has 0 fully saturated rings. The van der Waals surface area contributed by atoms with Crippen LogP contribution in [0, 0.1) is 6.92 Å². The van der Waals surface area contributed by atoms with Gasteiger partial charge in [0.2, 0.25) is 0 Å². The van der Waals surface area contributed by atoms with Crippen molar-refractivity contribution in [2.75, 3.05) is 12.4 Å². The molecule has 0 unspecified atom stereocenters. The number of methoxy groups -OCH3 is 1. The lowest BCUT2D eigenvalue weighted by Gasteiger charge is -2.04. The summed E-state index contributed by atoms with van der Waals surface area (Å²) in [5.41, 5.74) is 2.55. The molecule has 0 aliphatic heterocycles. The third-order valence-corrected chi connectivity index (χ3v) is 3.56. The smallest absolute Gasteiger partial charge is 0.187 e. The Balaban J connectivity index is 1.82. The van der Waals surface area contributed by atoms with Crippen LogP contribution in [0.1, 0.15) is 5.69 Å². The standard InChI is InChI=1S/C14H13N3O2S/c1-9-13(19-8-15-9)12-7-20-14(17-12)16-10-4-3-5-11(6-10)18-2/h3-8H,1-2H3,(H,16,17). The lowest BCUT2D eigenvalue weighted by atomic mass is 10.3. The SMILES string of the molecule is COc1cccc(Nc2nc(-c3ocnc3C)cs2)c1. The van der Waals surface area contributed by atoms with Crippen LogP contribution in [0.5, 0.6) is 5.75 Å². The normalized spacial score (nSPS) is 10.5. The van der Waals surface area contributed by atoms with Gasteiger partial charge >= 0.3 is 0 Å². The highest BCUT2D eigenvalue weighted by molar-refractivity contribution is 7.14. The van der Waals surface area contributed by atoms with Gasteiger partial charge in [0.15, 0.2) is 17.3 Å². The Morgan fingerprint density at radius 1 is 1.35 bits per heavy atom. The van der Waals surface area contributed by atoms with Crippen LogP contribution in [-0.2, 0) is 0 Å². The third-order valence-electron chi connectivity index (χ3n) is 2.80. The molecule has 5 nitrogen and oxygen atoms in total. The van der Waals surface area contributed by atoms with Crippen LogP contribution in [0.25, 0.3) is 11.5 Å². The van der Waals surface area contributed by atoms with E-state index in [0.29, 0.717) is 5.76 Å². The Labute approximate surface area is 120 Å². The van der Waals surface area contributed by atoms with Gasteiger partial charge in [0, 0.05) is 17.1 Å². The van der Waals surface area contributed by atoms with Crippen LogP contribution < -0.4 is 10.1 Å². The summed E-state index contributed by atoms with van der Waals surface area (Å²) in [6.45, 7) is 1.90. The number of nitrogens with zero attached hydrogens (tertiary/aromatic N) is 2. The van der Waals surface area contributed by atoms with Crippen molar-refractivity contribution in [2.24, 2.45) is 0 Å². The molecule has 0 amide bonds. The molecule has 0 aliphatic rings. The molecule has 1 aromatic carbocycles. The van der Waals surface area contributed by atoms with Crippen LogP contribution >= 0.6 is 11.3 Å². The van der Waals surface area contributed by atoms with Crippen molar-refractivity contribution >= 4 is 22.2 Å². The number of aromatic nitrogens is 2. The van der Waals surface area contributed by atoms with E-state index in [4.69, 9.17) is 9.15 Å². The largest absolute Gasteiger partial charge is 0.497 e. The fourth-order valence-corrected chi connectivity index (χ4v) is 2.52. The van der Waals surface area contributed by atoms with Crippen LogP contribution in [0.15, 0.2) is 40.5 Å². The number of aryl methyl sites for hydroxylation is 1. The van der Waals surface area contributed by atoms with Gasteiger partial charge in [0.25, 0.3) is 0 Å². The Bertz CT molecular complexity index is 721. The van der Waals surface area contributed by atoms with Crippen molar-refractivity contribution in [1.82, 2.24) is 9.97 Å². The first-order chi connectivity index (χ1) is 9.76. The van der Waals surface area contributed by atoms with Gasteiger partial charge in [-0.1, -0.05) is 6.07 Å². The number of nitrogens with one attached hydrogen (secondary N) is 1. The van der Waals surface area contributed by atoms with Gasteiger partial charge in [0.1, 0.15) is 11.4 Å². The fourth-order valence-electron chi connectivity index (χ4n) is 1.81. The Morgan fingerprint density at radius 3 is 3.00 bits per heavy atom. The molecule has 2 aromatic heterocycles. The molecule has 1 N–H and O–H groups in total. The zero-order chi connectivity index (χ0) is 13.9. The molecular formula is C14H13N3O2S. The molecule has 0 atom stereocenters. The monoisotopic (exact) mass is 287 g/mol. The van der Waals surface area contributed by atoms with Crippen LogP contribution in [0.4, 0.5) is 10.8 Å². The number of ether oxygens (including phenoxy) is 1. The van der Waals surface area contributed by atoms with Crippen molar-refractivity contribution < 1.29 is 9.15 Å². The Hall–Kier alpha value is -2.34. The number of anilines is 2. The summed E-state index contributed by atoms with van der Waals surface area (Å²) >= 11 is 1.51. The molecule has 0 aliphatic carbocycles. The summed E-state index contributed by atoms with van der Waals surface area (Å²) in [4.78, 5) is 8.57. The first-order valence-electron chi connectivity index (χ1n) is 6.03. The van der Waals surface area contributed by atoms with E-state index in [1.807, 2.05) is 36.6 Å². The highest BCUT2D eigenvalue weighted by Gasteiger charge is 2.11. The molecule has 102 valence electrons. The average Bonchev–Trinajstić information content (AvgIpc) is 3.08. The van der Waals surface area contributed by atoms with Gasteiger partial charge in [-0.05, 0) is 19.1 Å². The number of hydrogen-bond acceptors (Lipinski definition) is 6. The zero-order valence-corrected chi connectivity index (χ0v) is 11.9. The first-order valence-corrected chi connectivity index (χ1v) is 6.91. The minimum absolute atomic E-state index is 0.708. The predicted molar refractivity (Wildman–Crippen MR) is 78.6 cm³/mol. The number of hydrogen-bond donors (Lipinski definition) is 1. The molecule has 2 heterocycles. The molecular weight excluding hydrogens is 274 g/mol. The van der Waals surface area contributed by atoms with E-state index < -0.39 is 0 Å². The van der Waals surface area contributed by atoms with Gasteiger partial charge < -0.3 is 14.5 Å². The number of oxazole rings is 1. The van der Waals surface area contributed by atoms with E-state index in [2.05, 4.69) is 15.3 Å². The predicted octanol–water partition coefficient (Wildman–Crippen LogP) is 3.86. The Kier molecular flexibility index (Phi) is 3.39. The molecule has 3 rings (SSSR count). The van der Waals surface area contributed by atoms with E-state index in [-0.39, 0.29) is 0 Å². The molecule has 20 heavy (non-hydrogen) atoms. The van der Waals surface area contributed by atoms with E-state index >= 15 is 0 Å². The Morgan fingerprint density at radius 2 is 2.25 bits per heavy atom. The summed E-state index contributed by atoms with van der Waals surface area (Å²) in [7, 11) is 1.65. The molecule has 6 heteroatoms. The number of thiazole rings is 1. The molecule has 0 spiro atoms. The van der Waals surface area contributed by atoms with Crippen LogP contribution in [-0.4, -0.2) is 17.1 Å². The summed E-state index contributed by atoms with van der Waals surface area (Å²) in [5.74, 6) is 1.51. The van der Waals surface area contributed by atoms with Crippen LogP contribution in [0.3, 0.4) is 0 Å². The van der Waals surface area contributed by atoms with Gasteiger partial charge in [0.05, 0.1) is 12.8 Å². The fraction of sp³-hybridized carbons (Fsp3) is 0.143. The highest BCUT2D eigenvalue weighted by atomic mass is 32.1. The van der Waals surface area contributed by atoms with Gasteiger partial charge in [-0.15, -0.1) is 11.3 Å². The lowest BCUT2D eigenvalue weighted by Crippen LogP contribution is -1.91. The molecule has 3 aromatic rings. The summed E-state index contributed by atoms with van der Waals surface area (Å²) < 4.78 is 10.5. The molecule has 0 saturated carbocycles. The topological polar surface area (TPSA) is 60.2 Å². The number of rotatable bonds is 4. The summed E-state index contributed by atoms with van der Waals surface area (Å²) in [6, 6.07) is 7.71. The van der Waals surface area contributed by atoms with Crippen molar-refractivity contribution in [2.45, 2.75) is 6.92 Å². The second-order valence-corrected chi connectivity index (χ2v) is 5.02. The second-order valence-electron chi connectivity index (χ2n) is 4.16. The first kappa shape index (κ1) is 12.7. The van der Waals surface area contributed by atoms with Crippen molar-refractivity contribution in [1.29, 1.82) is 0 Å². The molecule has 0 saturated heterocycles. The minimum atomic E-state index is 0.708. The third kappa shape index (κ3) is 2.50.